The minimum absolute atomic E-state index is 0.195. The first-order chi connectivity index (χ1) is 14.3. The fourth-order valence-corrected chi connectivity index (χ4v) is 3.45. The van der Waals surface area contributed by atoms with Crippen LogP contribution in [0.25, 0.3) is 22.4 Å². The summed E-state index contributed by atoms with van der Waals surface area (Å²) in [5.41, 5.74) is 3.45. The fourth-order valence-electron chi connectivity index (χ4n) is 3.45. The number of para-hydroxylation sites is 2. The number of rotatable bonds is 10. The zero-order valence-electron chi connectivity index (χ0n) is 17.5. The van der Waals surface area contributed by atoms with E-state index in [4.69, 9.17) is 9.47 Å². The summed E-state index contributed by atoms with van der Waals surface area (Å²) >= 11 is 0. The van der Waals surface area contributed by atoms with Gasteiger partial charge in [-0.25, -0.2) is 0 Å². The van der Waals surface area contributed by atoms with Crippen molar-refractivity contribution in [3.8, 4) is 33.9 Å². The van der Waals surface area contributed by atoms with Crippen molar-refractivity contribution in [2.75, 3.05) is 7.11 Å². The largest absolute Gasteiger partial charge is 0.496 e. The molecular weight excluding hydrogens is 362 g/mol. The van der Waals surface area contributed by atoms with Gasteiger partial charge >= 0.3 is 0 Å². The second kappa shape index (κ2) is 10.6. The fraction of sp³-hybridized carbons (Fsp3) is 0.375. The maximum absolute atomic E-state index is 6.44. The zero-order valence-corrected chi connectivity index (χ0v) is 17.5. The summed E-state index contributed by atoms with van der Waals surface area (Å²) in [4.78, 5) is 0. The summed E-state index contributed by atoms with van der Waals surface area (Å²) < 4.78 is 12.0. The topological polar surface area (TPSA) is 57.1 Å². The second-order valence-electron chi connectivity index (χ2n) is 7.04. The lowest BCUT2D eigenvalue weighted by Gasteiger charge is -2.20. The van der Waals surface area contributed by atoms with Crippen molar-refractivity contribution in [1.82, 2.24) is 15.4 Å². The lowest BCUT2D eigenvalue weighted by molar-refractivity contribution is 0.183. The first kappa shape index (κ1) is 20.8. The highest BCUT2D eigenvalue weighted by atomic mass is 16.5. The average Bonchev–Trinajstić information content (AvgIpc) is 2.79. The minimum atomic E-state index is 0.195. The van der Waals surface area contributed by atoms with Gasteiger partial charge in [0.25, 0.3) is 0 Å². The molecule has 0 bridgehead atoms. The molecule has 5 nitrogen and oxygen atoms in total. The van der Waals surface area contributed by atoms with E-state index in [2.05, 4.69) is 29.3 Å². The molecule has 2 aromatic carbocycles. The molecule has 0 saturated heterocycles. The Hall–Kier alpha value is -2.95. The molecule has 29 heavy (non-hydrogen) atoms. The summed E-state index contributed by atoms with van der Waals surface area (Å²) in [6.45, 7) is 4.40. The van der Waals surface area contributed by atoms with Gasteiger partial charge in [0.15, 0.2) is 0 Å². The standard InChI is InChI=1S/C24H29N3O2/c1-4-6-7-12-18(5-2)29-23-16-11-8-13-19(23)21-17-25-27-26-24(21)20-14-9-10-15-22(20)28-3/h8-11,13-18H,4-7,12H2,1-3H3. The van der Waals surface area contributed by atoms with E-state index in [9.17, 15) is 0 Å². The number of hydrogen-bond donors (Lipinski definition) is 0. The van der Waals surface area contributed by atoms with Gasteiger partial charge in [0.1, 0.15) is 17.2 Å². The molecule has 0 radical (unpaired) electrons. The molecule has 0 N–H and O–H groups in total. The molecule has 0 saturated carbocycles. The maximum Gasteiger partial charge on any atom is 0.128 e. The normalized spacial score (nSPS) is 11.8. The number of hydrogen-bond acceptors (Lipinski definition) is 5. The highest BCUT2D eigenvalue weighted by molar-refractivity contribution is 5.85. The van der Waals surface area contributed by atoms with Crippen molar-refractivity contribution >= 4 is 0 Å². The van der Waals surface area contributed by atoms with E-state index >= 15 is 0 Å². The quantitative estimate of drug-likeness (QED) is 0.400. The average molecular weight is 392 g/mol. The Labute approximate surface area is 173 Å². The summed E-state index contributed by atoms with van der Waals surface area (Å²) in [7, 11) is 1.66. The van der Waals surface area contributed by atoms with Crippen LogP contribution in [0.2, 0.25) is 0 Å². The van der Waals surface area contributed by atoms with Crippen LogP contribution in [0.1, 0.15) is 46.0 Å². The van der Waals surface area contributed by atoms with E-state index in [1.807, 2.05) is 48.5 Å². The van der Waals surface area contributed by atoms with E-state index in [-0.39, 0.29) is 6.10 Å². The predicted molar refractivity (Wildman–Crippen MR) is 116 cm³/mol. The number of ether oxygens (including phenoxy) is 2. The Morgan fingerprint density at radius 2 is 1.59 bits per heavy atom. The Bertz CT molecular complexity index is 914. The Kier molecular flexibility index (Phi) is 7.56. The van der Waals surface area contributed by atoms with Crippen LogP contribution in [0.3, 0.4) is 0 Å². The molecule has 152 valence electrons. The summed E-state index contributed by atoms with van der Waals surface area (Å²) in [6, 6.07) is 15.9. The lowest BCUT2D eigenvalue weighted by atomic mass is 9.99. The van der Waals surface area contributed by atoms with Crippen molar-refractivity contribution in [1.29, 1.82) is 0 Å². The van der Waals surface area contributed by atoms with Crippen LogP contribution >= 0.6 is 0 Å². The molecule has 0 fully saturated rings. The third-order valence-electron chi connectivity index (χ3n) is 5.06. The molecule has 0 spiro atoms. The van der Waals surface area contributed by atoms with Crippen molar-refractivity contribution in [2.24, 2.45) is 0 Å². The summed E-state index contributed by atoms with van der Waals surface area (Å²) in [5, 5.41) is 12.3. The molecule has 0 aliphatic heterocycles. The van der Waals surface area contributed by atoms with Crippen LogP contribution in [-0.4, -0.2) is 28.6 Å². The lowest BCUT2D eigenvalue weighted by Crippen LogP contribution is -2.15. The van der Waals surface area contributed by atoms with Gasteiger partial charge in [0, 0.05) is 16.7 Å². The van der Waals surface area contributed by atoms with Crippen molar-refractivity contribution in [2.45, 2.75) is 52.1 Å². The number of aromatic nitrogens is 3. The first-order valence-corrected chi connectivity index (χ1v) is 10.4. The van der Waals surface area contributed by atoms with Crippen LogP contribution < -0.4 is 9.47 Å². The Balaban J connectivity index is 1.99. The highest BCUT2D eigenvalue weighted by Gasteiger charge is 2.18. The second-order valence-corrected chi connectivity index (χ2v) is 7.04. The molecule has 1 atom stereocenters. The number of unbranched alkanes of at least 4 members (excludes halogenated alkanes) is 2. The van der Waals surface area contributed by atoms with E-state index in [1.54, 1.807) is 13.3 Å². The molecule has 0 aliphatic carbocycles. The SMILES string of the molecule is CCCCCC(CC)Oc1ccccc1-c1cnnnc1-c1ccccc1OC. The van der Waals surface area contributed by atoms with Crippen molar-refractivity contribution in [3.05, 3.63) is 54.7 Å². The maximum atomic E-state index is 6.44. The molecule has 3 rings (SSSR count). The molecule has 0 aliphatic rings. The van der Waals surface area contributed by atoms with Crippen molar-refractivity contribution < 1.29 is 9.47 Å². The monoisotopic (exact) mass is 391 g/mol. The third kappa shape index (κ3) is 5.11. The van der Waals surface area contributed by atoms with E-state index in [0.29, 0.717) is 0 Å². The van der Waals surface area contributed by atoms with Crippen LogP contribution in [0.4, 0.5) is 0 Å². The highest BCUT2D eigenvalue weighted by Crippen LogP contribution is 2.39. The number of benzene rings is 2. The Morgan fingerprint density at radius 3 is 2.31 bits per heavy atom. The number of methoxy groups -OCH3 is 1. The molecule has 3 aromatic rings. The van der Waals surface area contributed by atoms with Gasteiger partial charge in [0.05, 0.1) is 19.4 Å². The smallest absolute Gasteiger partial charge is 0.128 e. The first-order valence-electron chi connectivity index (χ1n) is 10.4. The van der Waals surface area contributed by atoms with Crippen LogP contribution in [-0.2, 0) is 0 Å². The molecule has 1 heterocycles. The predicted octanol–water partition coefficient (Wildman–Crippen LogP) is 5.95. The van der Waals surface area contributed by atoms with Crippen LogP contribution in [0.5, 0.6) is 11.5 Å². The van der Waals surface area contributed by atoms with E-state index in [1.165, 1.54) is 19.3 Å². The summed E-state index contributed by atoms with van der Waals surface area (Å²) in [5.74, 6) is 1.60. The van der Waals surface area contributed by atoms with Crippen LogP contribution in [0, 0.1) is 0 Å². The van der Waals surface area contributed by atoms with Gasteiger partial charge in [-0.3, -0.25) is 0 Å². The molecule has 5 heteroatoms. The van der Waals surface area contributed by atoms with Gasteiger partial charge < -0.3 is 9.47 Å². The van der Waals surface area contributed by atoms with E-state index in [0.717, 1.165) is 46.7 Å². The zero-order chi connectivity index (χ0) is 20.5. The molecule has 0 amide bonds. The minimum Gasteiger partial charge on any atom is -0.496 e. The molecule has 1 unspecified atom stereocenters. The molecular formula is C24H29N3O2. The van der Waals surface area contributed by atoms with Crippen LogP contribution in [0.15, 0.2) is 54.7 Å². The van der Waals surface area contributed by atoms with E-state index < -0.39 is 0 Å². The molecule has 1 aromatic heterocycles. The number of nitrogens with zero attached hydrogens (tertiary/aromatic N) is 3. The van der Waals surface area contributed by atoms with Crippen molar-refractivity contribution in [3.63, 3.8) is 0 Å². The summed E-state index contributed by atoms with van der Waals surface area (Å²) in [6.07, 6.45) is 7.60. The Morgan fingerprint density at radius 1 is 0.862 bits per heavy atom. The van der Waals surface area contributed by atoms with Gasteiger partial charge in [-0.15, -0.1) is 10.2 Å². The van der Waals surface area contributed by atoms with Gasteiger partial charge in [-0.2, -0.15) is 0 Å². The van der Waals surface area contributed by atoms with Gasteiger partial charge in [-0.05, 0) is 42.7 Å². The third-order valence-corrected chi connectivity index (χ3v) is 5.06. The van der Waals surface area contributed by atoms with Gasteiger partial charge in [0.2, 0.25) is 0 Å². The van der Waals surface area contributed by atoms with Gasteiger partial charge in [-0.1, -0.05) is 57.0 Å².